The highest BCUT2D eigenvalue weighted by atomic mass is 16.5. The average molecular weight is 285 g/mol. The number of nitriles is 1. The number of nitrogens with zero attached hydrogens (tertiary/aromatic N) is 1. The van der Waals surface area contributed by atoms with Crippen LogP contribution in [-0.2, 0) is 6.61 Å². The van der Waals surface area contributed by atoms with Gasteiger partial charge in [-0.2, -0.15) is 5.26 Å². The molecule has 0 aliphatic carbocycles. The largest absolute Gasteiger partial charge is 0.493 e. The van der Waals surface area contributed by atoms with Crippen LogP contribution >= 0.6 is 0 Å². The van der Waals surface area contributed by atoms with Gasteiger partial charge in [0.1, 0.15) is 11.8 Å². The van der Waals surface area contributed by atoms with Gasteiger partial charge in [-0.25, -0.2) is 0 Å². The third kappa shape index (κ3) is 3.07. The van der Waals surface area contributed by atoms with E-state index in [9.17, 15) is 5.26 Å². The summed E-state index contributed by atoms with van der Waals surface area (Å²) < 4.78 is 16.3. The SMILES string of the molecule is COc1cccc(OC)c1Oc1ccc(CO)cc1C#N. The molecule has 0 amide bonds. The van der Waals surface area contributed by atoms with Crippen molar-refractivity contribution in [2.24, 2.45) is 0 Å². The van der Waals surface area contributed by atoms with Crippen molar-refractivity contribution in [2.75, 3.05) is 14.2 Å². The number of ether oxygens (including phenoxy) is 3. The van der Waals surface area contributed by atoms with Gasteiger partial charge in [0.25, 0.3) is 0 Å². The Morgan fingerprint density at radius 1 is 1.05 bits per heavy atom. The lowest BCUT2D eigenvalue weighted by Gasteiger charge is -2.14. The summed E-state index contributed by atoms with van der Waals surface area (Å²) in [4.78, 5) is 0. The number of hydrogen-bond donors (Lipinski definition) is 1. The standard InChI is InChI=1S/C16H15NO4/c1-19-14-4-3-5-15(20-2)16(14)21-13-7-6-11(10-18)8-12(13)9-17/h3-8,18H,10H2,1-2H3. The molecule has 0 spiro atoms. The van der Waals surface area contributed by atoms with Crippen molar-refractivity contribution < 1.29 is 19.3 Å². The first-order valence-corrected chi connectivity index (χ1v) is 6.26. The van der Waals surface area contributed by atoms with Gasteiger partial charge in [0.05, 0.1) is 26.4 Å². The molecule has 0 aliphatic rings. The van der Waals surface area contributed by atoms with Gasteiger partial charge in [0, 0.05) is 0 Å². The summed E-state index contributed by atoms with van der Waals surface area (Å²) in [6.07, 6.45) is 0. The molecule has 0 aliphatic heterocycles. The highest BCUT2D eigenvalue weighted by molar-refractivity contribution is 5.55. The molecule has 5 nitrogen and oxygen atoms in total. The van der Waals surface area contributed by atoms with Crippen molar-refractivity contribution in [3.63, 3.8) is 0 Å². The van der Waals surface area contributed by atoms with Crippen molar-refractivity contribution in [1.29, 1.82) is 5.26 Å². The molecule has 0 atom stereocenters. The van der Waals surface area contributed by atoms with Gasteiger partial charge in [0.15, 0.2) is 11.5 Å². The van der Waals surface area contributed by atoms with E-state index in [4.69, 9.17) is 19.3 Å². The zero-order chi connectivity index (χ0) is 15.2. The lowest BCUT2D eigenvalue weighted by Crippen LogP contribution is -1.96. The first kappa shape index (κ1) is 14.7. The number of methoxy groups -OCH3 is 2. The highest BCUT2D eigenvalue weighted by Gasteiger charge is 2.14. The van der Waals surface area contributed by atoms with E-state index in [1.807, 2.05) is 6.07 Å². The zero-order valence-corrected chi connectivity index (χ0v) is 11.8. The Labute approximate surface area is 122 Å². The third-order valence-corrected chi connectivity index (χ3v) is 2.94. The predicted octanol–water partition coefficient (Wildman–Crippen LogP) is 2.86. The fourth-order valence-electron chi connectivity index (χ4n) is 1.88. The second-order valence-corrected chi connectivity index (χ2v) is 4.19. The minimum absolute atomic E-state index is 0.132. The van der Waals surface area contributed by atoms with E-state index in [1.54, 1.807) is 36.4 Å². The van der Waals surface area contributed by atoms with Crippen LogP contribution in [0.4, 0.5) is 0 Å². The van der Waals surface area contributed by atoms with Crippen LogP contribution in [0.25, 0.3) is 0 Å². The molecular formula is C16H15NO4. The molecule has 0 bridgehead atoms. The molecule has 0 radical (unpaired) electrons. The molecule has 0 aromatic heterocycles. The van der Waals surface area contributed by atoms with Gasteiger partial charge in [-0.1, -0.05) is 12.1 Å². The minimum atomic E-state index is -0.132. The molecule has 2 aromatic carbocycles. The molecule has 0 saturated carbocycles. The van der Waals surface area contributed by atoms with Gasteiger partial charge < -0.3 is 19.3 Å². The molecule has 0 heterocycles. The molecule has 2 rings (SSSR count). The first-order chi connectivity index (χ1) is 10.2. The summed E-state index contributed by atoms with van der Waals surface area (Å²) in [6.45, 7) is -0.132. The summed E-state index contributed by atoms with van der Waals surface area (Å²) in [7, 11) is 3.06. The maximum absolute atomic E-state index is 9.20. The Hall–Kier alpha value is -2.71. The molecule has 108 valence electrons. The normalized spacial score (nSPS) is 9.81. The van der Waals surface area contributed by atoms with Gasteiger partial charge in [-0.3, -0.25) is 0 Å². The fraction of sp³-hybridized carbons (Fsp3) is 0.188. The second kappa shape index (κ2) is 6.64. The van der Waals surface area contributed by atoms with E-state index < -0.39 is 0 Å². The highest BCUT2D eigenvalue weighted by Crippen LogP contribution is 2.40. The number of aliphatic hydroxyl groups excluding tert-OH is 1. The number of benzene rings is 2. The van der Waals surface area contributed by atoms with Crippen LogP contribution in [-0.4, -0.2) is 19.3 Å². The quantitative estimate of drug-likeness (QED) is 0.914. The fourth-order valence-corrected chi connectivity index (χ4v) is 1.88. The molecule has 0 saturated heterocycles. The minimum Gasteiger partial charge on any atom is -0.493 e. The molecular weight excluding hydrogens is 270 g/mol. The molecule has 0 unspecified atom stereocenters. The van der Waals surface area contributed by atoms with Crippen molar-refractivity contribution in [1.82, 2.24) is 0 Å². The zero-order valence-electron chi connectivity index (χ0n) is 11.8. The lowest BCUT2D eigenvalue weighted by molar-refractivity contribution is 0.281. The Kier molecular flexibility index (Phi) is 4.64. The summed E-state index contributed by atoms with van der Waals surface area (Å²) in [5.74, 6) is 1.78. The second-order valence-electron chi connectivity index (χ2n) is 4.19. The van der Waals surface area contributed by atoms with E-state index in [0.717, 1.165) is 0 Å². The lowest BCUT2D eigenvalue weighted by atomic mass is 10.1. The van der Waals surface area contributed by atoms with Crippen LogP contribution in [0.5, 0.6) is 23.0 Å². The molecule has 1 N–H and O–H groups in total. The summed E-state index contributed by atoms with van der Waals surface area (Å²) in [6, 6.07) is 12.2. The van der Waals surface area contributed by atoms with E-state index in [1.165, 1.54) is 14.2 Å². The van der Waals surface area contributed by atoms with E-state index in [2.05, 4.69) is 0 Å². The van der Waals surface area contributed by atoms with Crippen LogP contribution in [0.1, 0.15) is 11.1 Å². The predicted molar refractivity (Wildman–Crippen MR) is 76.7 cm³/mol. The summed E-state index contributed by atoms with van der Waals surface area (Å²) in [5.41, 5.74) is 0.973. The van der Waals surface area contributed by atoms with Crippen LogP contribution in [0.3, 0.4) is 0 Å². The Morgan fingerprint density at radius 2 is 1.71 bits per heavy atom. The Balaban J connectivity index is 2.45. The maximum Gasteiger partial charge on any atom is 0.211 e. The van der Waals surface area contributed by atoms with E-state index in [-0.39, 0.29) is 6.61 Å². The van der Waals surface area contributed by atoms with E-state index >= 15 is 0 Å². The summed E-state index contributed by atoms with van der Waals surface area (Å²) in [5, 5.41) is 18.3. The smallest absolute Gasteiger partial charge is 0.211 e. The molecule has 5 heteroatoms. The van der Waals surface area contributed by atoms with Crippen LogP contribution < -0.4 is 14.2 Å². The topological polar surface area (TPSA) is 71.7 Å². The van der Waals surface area contributed by atoms with Crippen LogP contribution in [0.2, 0.25) is 0 Å². The average Bonchev–Trinajstić information content (AvgIpc) is 2.55. The van der Waals surface area contributed by atoms with Gasteiger partial charge in [0.2, 0.25) is 5.75 Å². The number of hydrogen-bond acceptors (Lipinski definition) is 5. The van der Waals surface area contributed by atoms with Gasteiger partial charge in [-0.05, 0) is 29.8 Å². The summed E-state index contributed by atoms with van der Waals surface area (Å²) >= 11 is 0. The Morgan fingerprint density at radius 3 is 2.24 bits per heavy atom. The maximum atomic E-state index is 9.20. The number of para-hydroxylation sites is 1. The van der Waals surface area contributed by atoms with Gasteiger partial charge >= 0.3 is 0 Å². The van der Waals surface area contributed by atoms with Crippen molar-refractivity contribution >= 4 is 0 Å². The van der Waals surface area contributed by atoms with Crippen LogP contribution in [0.15, 0.2) is 36.4 Å². The number of aliphatic hydroxyl groups is 1. The van der Waals surface area contributed by atoms with Crippen LogP contribution in [0, 0.1) is 11.3 Å². The first-order valence-electron chi connectivity index (χ1n) is 6.26. The monoisotopic (exact) mass is 285 g/mol. The molecule has 0 fully saturated rings. The number of rotatable bonds is 5. The molecule has 2 aromatic rings. The van der Waals surface area contributed by atoms with Gasteiger partial charge in [-0.15, -0.1) is 0 Å². The van der Waals surface area contributed by atoms with E-state index in [0.29, 0.717) is 34.1 Å². The third-order valence-electron chi connectivity index (χ3n) is 2.94. The van der Waals surface area contributed by atoms with Crippen molar-refractivity contribution in [2.45, 2.75) is 6.61 Å². The molecule has 21 heavy (non-hydrogen) atoms. The van der Waals surface area contributed by atoms with Crippen molar-refractivity contribution in [3.8, 4) is 29.1 Å². The Bertz CT molecular complexity index is 654. The van der Waals surface area contributed by atoms with Crippen molar-refractivity contribution in [3.05, 3.63) is 47.5 Å².